The first-order chi connectivity index (χ1) is 16.9. The number of benzene rings is 2. The molecule has 0 aliphatic carbocycles. The summed E-state index contributed by atoms with van der Waals surface area (Å²) in [6.45, 7) is 0. The van der Waals surface area contributed by atoms with E-state index < -0.39 is 10.0 Å². The van der Waals surface area contributed by atoms with Crippen LogP contribution in [0.15, 0.2) is 84.0 Å². The highest BCUT2D eigenvalue weighted by Gasteiger charge is 2.30. The number of carbonyl (C=O) groups excluding carboxylic acids is 2. The third kappa shape index (κ3) is 4.73. The molecule has 35 heavy (non-hydrogen) atoms. The summed E-state index contributed by atoms with van der Waals surface area (Å²) in [5.41, 5.74) is 0.671. The Kier molecular flexibility index (Phi) is 5.71. The fourth-order valence-corrected chi connectivity index (χ4v) is 4.52. The molecule has 5 rings (SSSR count). The fourth-order valence-electron chi connectivity index (χ4n) is 3.46. The first-order valence-electron chi connectivity index (χ1n) is 10.5. The molecule has 0 radical (unpaired) electrons. The van der Waals surface area contributed by atoms with Gasteiger partial charge in [-0.1, -0.05) is 0 Å². The van der Waals surface area contributed by atoms with Crippen LogP contribution in [0.3, 0.4) is 0 Å². The minimum Gasteiger partial charge on any atom is -0.438 e. The Morgan fingerprint density at radius 2 is 1.57 bits per heavy atom. The Morgan fingerprint density at radius 1 is 0.857 bits per heavy atom. The number of nitrogens with zero attached hydrogens (tertiary/aromatic N) is 5. The van der Waals surface area contributed by atoms with Crippen molar-refractivity contribution in [3.8, 4) is 17.4 Å². The Balaban J connectivity index is 1.24. The average molecular weight is 491 g/mol. The number of nitrogens with one attached hydrogen (secondary N) is 1. The van der Waals surface area contributed by atoms with Gasteiger partial charge in [0.15, 0.2) is 5.82 Å². The molecule has 0 unspecified atom stereocenters. The van der Waals surface area contributed by atoms with Gasteiger partial charge < -0.3 is 4.74 Å². The van der Waals surface area contributed by atoms with E-state index in [1.165, 1.54) is 24.3 Å². The van der Waals surface area contributed by atoms with Gasteiger partial charge in [0.1, 0.15) is 5.75 Å². The highest BCUT2D eigenvalue weighted by atomic mass is 32.2. The van der Waals surface area contributed by atoms with Gasteiger partial charge in [0.05, 0.1) is 10.6 Å². The average Bonchev–Trinajstić information content (AvgIpc) is 3.51. The van der Waals surface area contributed by atoms with E-state index in [2.05, 4.69) is 20.0 Å². The van der Waals surface area contributed by atoms with E-state index in [4.69, 9.17) is 4.74 Å². The third-order valence-corrected chi connectivity index (χ3v) is 6.55. The van der Waals surface area contributed by atoms with E-state index in [-0.39, 0.29) is 35.4 Å². The molecule has 0 saturated carbocycles. The normalized spacial score (nSPS) is 13.8. The lowest BCUT2D eigenvalue weighted by molar-refractivity contribution is -0.121. The molecular weight excluding hydrogens is 472 g/mol. The van der Waals surface area contributed by atoms with E-state index in [0.29, 0.717) is 22.9 Å². The minimum absolute atomic E-state index is 0.00628. The van der Waals surface area contributed by atoms with Crippen LogP contribution in [0.4, 0.5) is 11.4 Å². The molecule has 0 spiro atoms. The molecule has 0 bridgehead atoms. The van der Waals surface area contributed by atoms with E-state index in [1.54, 1.807) is 59.5 Å². The van der Waals surface area contributed by atoms with Crippen molar-refractivity contribution in [2.75, 3.05) is 9.62 Å². The van der Waals surface area contributed by atoms with Crippen LogP contribution < -0.4 is 14.4 Å². The number of imide groups is 1. The van der Waals surface area contributed by atoms with Crippen molar-refractivity contribution in [1.82, 2.24) is 20.0 Å². The summed E-state index contributed by atoms with van der Waals surface area (Å²) in [5.74, 6) is 0.651. The number of rotatable bonds is 7. The Morgan fingerprint density at radius 3 is 2.17 bits per heavy atom. The molecular formula is C23H18N6O5S. The largest absolute Gasteiger partial charge is 0.438 e. The predicted molar refractivity (Wildman–Crippen MR) is 125 cm³/mol. The molecule has 3 heterocycles. The monoisotopic (exact) mass is 490 g/mol. The van der Waals surface area contributed by atoms with E-state index in [9.17, 15) is 18.0 Å². The SMILES string of the molecule is O=C1CCC(=O)N1c1ccc(S(=O)(=O)Nc2ccc(Oc3ccc(-n4cccn4)nn3)cc2)cc1. The topological polar surface area (TPSA) is 136 Å². The number of carbonyl (C=O) groups is 2. The number of aromatic nitrogens is 4. The second-order valence-corrected chi connectivity index (χ2v) is 9.21. The second kappa shape index (κ2) is 8.99. The van der Waals surface area contributed by atoms with Crippen molar-refractivity contribution >= 4 is 33.2 Å². The van der Waals surface area contributed by atoms with Crippen molar-refractivity contribution in [3.05, 3.63) is 79.1 Å². The summed E-state index contributed by atoms with van der Waals surface area (Å²) in [5, 5.41) is 12.1. The van der Waals surface area contributed by atoms with Gasteiger partial charge in [0.2, 0.25) is 17.7 Å². The summed E-state index contributed by atoms with van der Waals surface area (Å²) in [6.07, 6.45) is 3.69. The zero-order valence-electron chi connectivity index (χ0n) is 18.1. The fraction of sp³-hybridized carbons (Fsp3) is 0.0870. The maximum atomic E-state index is 12.8. The van der Waals surface area contributed by atoms with Gasteiger partial charge in [-0.3, -0.25) is 19.2 Å². The Bertz CT molecular complexity index is 1450. The van der Waals surface area contributed by atoms with Crippen molar-refractivity contribution in [2.24, 2.45) is 0 Å². The molecule has 1 saturated heterocycles. The molecule has 11 nitrogen and oxygen atoms in total. The molecule has 1 N–H and O–H groups in total. The van der Waals surface area contributed by atoms with E-state index in [1.807, 2.05) is 0 Å². The van der Waals surface area contributed by atoms with Crippen molar-refractivity contribution in [2.45, 2.75) is 17.7 Å². The highest BCUT2D eigenvalue weighted by Crippen LogP contribution is 2.26. The van der Waals surface area contributed by atoms with Gasteiger partial charge in [-0.25, -0.2) is 13.1 Å². The van der Waals surface area contributed by atoms with Crippen LogP contribution in [0.25, 0.3) is 5.82 Å². The lowest BCUT2D eigenvalue weighted by Gasteiger charge is -2.14. The van der Waals surface area contributed by atoms with Gasteiger partial charge >= 0.3 is 0 Å². The highest BCUT2D eigenvalue weighted by molar-refractivity contribution is 7.92. The third-order valence-electron chi connectivity index (χ3n) is 5.15. The second-order valence-electron chi connectivity index (χ2n) is 7.53. The lowest BCUT2D eigenvalue weighted by atomic mass is 10.3. The Hall–Kier alpha value is -4.58. The molecule has 0 atom stereocenters. The number of anilines is 2. The van der Waals surface area contributed by atoms with Gasteiger partial charge in [-0.15, -0.1) is 10.2 Å². The number of ether oxygens (including phenoxy) is 1. The zero-order valence-corrected chi connectivity index (χ0v) is 18.9. The van der Waals surface area contributed by atoms with Crippen LogP contribution in [0.1, 0.15) is 12.8 Å². The summed E-state index contributed by atoms with van der Waals surface area (Å²) in [7, 11) is -3.89. The molecule has 1 fully saturated rings. The van der Waals surface area contributed by atoms with Crippen molar-refractivity contribution in [1.29, 1.82) is 0 Å². The maximum absolute atomic E-state index is 12.8. The van der Waals surface area contributed by atoms with Gasteiger partial charge in [0.25, 0.3) is 10.0 Å². The lowest BCUT2D eigenvalue weighted by Crippen LogP contribution is -2.28. The number of sulfonamides is 1. The number of hydrogen-bond donors (Lipinski definition) is 1. The van der Waals surface area contributed by atoms with Crippen LogP contribution >= 0.6 is 0 Å². The molecule has 176 valence electrons. The van der Waals surface area contributed by atoms with Crippen molar-refractivity contribution in [3.63, 3.8) is 0 Å². The number of hydrogen-bond acceptors (Lipinski definition) is 8. The van der Waals surface area contributed by atoms with Gasteiger partial charge in [0, 0.05) is 37.0 Å². The predicted octanol–water partition coefficient (Wildman–Crippen LogP) is 2.91. The molecule has 2 aromatic carbocycles. The van der Waals surface area contributed by atoms with Gasteiger partial charge in [-0.05, 0) is 60.7 Å². The van der Waals surface area contributed by atoms with Gasteiger partial charge in [-0.2, -0.15) is 5.10 Å². The van der Waals surface area contributed by atoms with Crippen LogP contribution in [0.2, 0.25) is 0 Å². The molecule has 2 aromatic heterocycles. The zero-order chi connectivity index (χ0) is 24.4. The van der Waals surface area contributed by atoms with Crippen LogP contribution in [-0.2, 0) is 19.6 Å². The van der Waals surface area contributed by atoms with Crippen molar-refractivity contribution < 1.29 is 22.7 Å². The van der Waals surface area contributed by atoms with E-state index in [0.717, 1.165) is 4.90 Å². The standard InChI is InChI=1S/C23H18N6O5S/c30-22-12-13-23(31)29(22)17-4-8-19(9-5-17)35(32,33)27-16-2-6-18(7-3-16)34-21-11-10-20(25-26-21)28-15-1-14-24-28/h1-11,14-15,27H,12-13H2. The summed E-state index contributed by atoms with van der Waals surface area (Å²) >= 11 is 0. The van der Waals surface area contributed by atoms with Crippen LogP contribution in [0.5, 0.6) is 11.6 Å². The first kappa shape index (κ1) is 22.2. The summed E-state index contributed by atoms with van der Waals surface area (Å²) < 4.78 is 35.2. The molecule has 12 heteroatoms. The molecule has 4 aromatic rings. The minimum atomic E-state index is -3.89. The Labute approximate surface area is 200 Å². The first-order valence-corrected chi connectivity index (χ1v) is 12.0. The van der Waals surface area contributed by atoms with E-state index >= 15 is 0 Å². The number of amides is 2. The van der Waals surface area contributed by atoms with Crippen LogP contribution in [-0.4, -0.2) is 40.2 Å². The molecule has 1 aliphatic heterocycles. The summed E-state index contributed by atoms with van der Waals surface area (Å²) in [6, 6.07) is 17.0. The smallest absolute Gasteiger partial charge is 0.261 e. The summed E-state index contributed by atoms with van der Waals surface area (Å²) in [4.78, 5) is 24.8. The molecule has 2 amide bonds. The maximum Gasteiger partial charge on any atom is 0.261 e. The quantitative estimate of drug-likeness (QED) is 0.391. The molecule has 1 aliphatic rings. The van der Waals surface area contributed by atoms with Crippen LogP contribution in [0, 0.1) is 0 Å².